The second-order valence-electron chi connectivity index (χ2n) is 5.79. The van der Waals surface area contributed by atoms with Crippen LogP contribution >= 0.6 is 15.9 Å². The lowest BCUT2D eigenvalue weighted by Crippen LogP contribution is -2.24. The monoisotopic (exact) mass is 426 g/mol. The van der Waals surface area contributed by atoms with E-state index < -0.39 is 0 Å². The summed E-state index contributed by atoms with van der Waals surface area (Å²) in [6, 6.07) is 17.1. The molecule has 4 rings (SSSR count). The van der Waals surface area contributed by atoms with Crippen LogP contribution < -0.4 is 19.6 Å². The predicted octanol–water partition coefficient (Wildman–Crippen LogP) is 3.86. The molecule has 0 bridgehead atoms. The van der Waals surface area contributed by atoms with Crippen LogP contribution in [0.25, 0.3) is 10.8 Å². The molecule has 27 heavy (non-hydrogen) atoms. The van der Waals surface area contributed by atoms with Crippen molar-refractivity contribution in [2.75, 3.05) is 13.4 Å². The van der Waals surface area contributed by atoms with Crippen LogP contribution in [0.5, 0.6) is 17.2 Å². The van der Waals surface area contributed by atoms with E-state index in [4.69, 9.17) is 14.2 Å². The van der Waals surface area contributed by atoms with E-state index in [9.17, 15) is 4.79 Å². The SMILES string of the molecule is O=C(COc1ccc2ccccc2c1Br)NN=Cc1ccc2c(c1)OCO2. The van der Waals surface area contributed by atoms with Crippen LogP contribution in [0.1, 0.15) is 5.56 Å². The number of fused-ring (bicyclic) bond motifs is 2. The van der Waals surface area contributed by atoms with E-state index >= 15 is 0 Å². The van der Waals surface area contributed by atoms with Gasteiger partial charge in [-0.05, 0) is 56.5 Å². The first-order valence-corrected chi connectivity index (χ1v) is 9.01. The molecule has 0 spiro atoms. The number of halogens is 1. The Labute approximate surface area is 163 Å². The van der Waals surface area contributed by atoms with Gasteiger partial charge in [0.15, 0.2) is 18.1 Å². The number of hydrogen-bond donors (Lipinski definition) is 1. The first-order chi connectivity index (χ1) is 13.2. The highest BCUT2D eigenvalue weighted by atomic mass is 79.9. The molecule has 1 heterocycles. The average molecular weight is 427 g/mol. The molecule has 0 radical (unpaired) electrons. The summed E-state index contributed by atoms with van der Waals surface area (Å²) in [5.74, 6) is 1.61. The zero-order valence-corrected chi connectivity index (χ0v) is 15.7. The van der Waals surface area contributed by atoms with Crippen molar-refractivity contribution in [1.29, 1.82) is 0 Å². The van der Waals surface area contributed by atoms with Gasteiger partial charge in [-0.3, -0.25) is 4.79 Å². The van der Waals surface area contributed by atoms with E-state index in [-0.39, 0.29) is 19.3 Å². The Morgan fingerprint density at radius 2 is 2.00 bits per heavy atom. The Morgan fingerprint density at radius 3 is 2.93 bits per heavy atom. The molecule has 1 amide bonds. The molecule has 0 aromatic heterocycles. The number of carbonyl (C=O) groups excluding carboxylic acids is 1. The van der Waals surface area contributed by atoms with Gasteiger partial charge in [0.1, 0.15) is 5.75 Å². The van der Waals surface area contributed by atoms with Crippen molar-refractivity contribution in [3.05, 3.63) is 64.6 Å². The normalized spacial score (nSPS) is 12.5. The van der Waals surface area contributed by atoms with Crippen molar-refractivity contribution >= 4 is 38.8 Å². The third kappa shape index (κ3) is 3.88. The van der Waals surface area contributed by atoms with Crippen molar-refractivity contribution < 1.29 is 19.0 Å². The lowest BCUT2D eigenvalue weighted by atomic mass is 10.1. The van der Waals surface area contributed by atoms with Crippen LogP contribution in [0.4, 0.5) is 0 Å². The molecule has 0 unspecified atom stereocenters. The number of hydrazone groups is 1. The Morgan fingerprint density at radius 1 is 1.15 bits per heavy atom. The largest absolute Gasteiger partial charge is 0.483 e. The van der Waals surface area contributed by atoms with E-state index in [2.05, 4.69) is 26.5 Å². The molecule has 3 aromatic carbocycles. The fourth-order valence-corrected chi connectivity index (χ4v) is 3.28. The molecule has 0 aliphatic carbocycles. The summed E-state index contributed by atoms with van der Waals surface area (Å²) in [7, 11) is 0. The van der Waals surface area contributed by atoms with Crippen molar-refractivity contribution in [3.63, 3.8) is 0 Å². The fraction of sp³-hybridized carbons (Fsp3) is 0.100. The lowest BCUT2D eigenvalue weighted by Gasteiger charge is -2.09. The maximum absolute atomic E-state index is 12.0. The van der Waals surface area contributed by atoms with E-state index in [1.54, 1.807) is 12.1 Å². The summed E-state index contributed by atoms with van der Waals surface area (Å²) in [5, 5.41) is 6.06. The molecule has 0 saturated carbocycles. The molecule has 0 atom stereocenters. The Bertz CT molecular complexity index is 1040. The number of hydrogen-bond acceptors (Lipinski definition) is 5. The van der Waals surface area contributed by atoms with Crippen LogP contribution in [0.15, 0.2) is 64.2 Å². The highest BCUT2D eigenvalue weighted by Crippen LogP contribution is 2.33. The maximum Gasteiger partial charge on any atom is 0.277 e. The molecule has 136 valence electrons. The standard InChI is InChI=1S/C20H15BrN2O4/c21-20-15-4-2-1-3-14(15)6-8-17(20)25-11-19(24)23-22-10-13-5-7-16-18(9-13)27-12-26-16/h1-10H,11-12H2,(H,23,24). The number of ether oxygens (including phenoxy) is 3. The Hall–Kier alpha value is -3.06. The summed E-state index contributed by atoms with van der Waals surface area (Å²) in [6.07, 6.45) is 1.53. The van der Waals surface area contributed by atoms with Crippen LogP contribution in [-0.2, 0) is 4.79 Å². The van der Waals surface area contributed by atoms with Gasteiger partial charge >= 0.3 is 0 Å². The van der Waals surface area contributed by atoms with Crippen molar-refractivity contribution in [3.8, 4) is 17.2 Å². The maximum atomic E-state index is 12.0. The fourth-order valence-electron chi connectivity index (χ4n) is 2.67. The van der Waals surface area contributed by atoms with Gasteiger partial charge in [-0.15, -0.1) is 0 Å². The van der Waals surface area contributed by atoms with Gasteiger partial charge in [0.05, 0.1) is 10.7 Å². The van der Waals surface area contributed by atoms with Gasteiger partial charge in [0, 0.05) is 0 Å². The Kier molecular flexibility index (Phi) is 4.93. The van der Waals surface area contributed by atoms with Crippen LogP contribution in [0.2, 0.25) is 0 Å². The van der Waals surface area contributed by atoms with Crippen LogP contribution in [0, 0.1) is 0 Å². The molecule has 7 heteroatoms. The van der Waals surface area contributed by atoms with Crippen LogP contribution in [-0.4, -0.2) is 25.5 Å². The topological polar surface area (TPSA) is 69.2 Å². The van der Waals surface area contributed by atoms with E-state index in [0.717, 1.165) is 20.8 Å². The third-order valence-corrected chi connectivity index (χ3v) is 4.80. The number of nitrogens with one attached hydrogen (secondary N) is 1. The highest BCUT2D eigenvalue weighted by Gasteiger charge is 2.12. The number of amides is 1. The smallest absolute Gasteiger partial charge is 0.277 e. The van der Waals surface area contributed by atoms with Crippen molar-refractivity contribution in [1.82, 2.24) is 5.43 Å². The number of rotatable bonds is 5. The van der Waals surface area contributed by atoms with Gasteiger partial charge in [-0.2, -0.15) is 5.10 Å². The zero-order chi connectivity index (χ0) is 18.6. The average Bonchev–Trinajstić information content (AvgIpc) is 3.15. The molecule has 0 saturated heterocycles. The van der Waals surface area contributed by atoms with Gasteiger partial charge in [-0.25, -0.2) is 5.43 Å². The molecule has 6 nitrogen and oxygen atoms in total. The number of benzene rings is 3. The number of nitrogens with zero attached hydrogens (tertiary/aromatic N) is 1. The highest BCUT2D eigenvalue weighted by molar-refractivity contribution is 9.10. The van der Waals surface area contributed by atoms with E-state index in [1.165, 1.54) is 6.21 Å². The van der Waals surface area contributed by atoms with Crippen molar-refractivity contribution in [2.45, 2.75) is 0 Å². The van der Waals surface area contributed by atoms with E-state index in [0.29, 0.717) is 17.2 Å². The van der Waals surface area contributed by atoms with Gasteiger partial charge in [0.25, 0.3) is 5.91 Å². The molecule has 1 aliphatic heterocycles. The zero-order valence-electron chi connectivity index (χ0n) is 14.1. The predicted molar refractivity (Wildman–Crippen MR) is 105 cm³/mol. The minimum Gasteiger partial charge on any atom is -0.483 e. The quantitative estimate of drug-likeness (QED) is 0.496. The van der Waals surface area contributed by atoms with Gasteiger partial charge < -0.3 is 14.2 Å². The first-order valence-electron chi connectivity index (χ1n) is 8.22. The number of carbonyl (C=O) groups is 1. The van der Waals surface area contributed by atoms with Gasteiger partial charge in [-0.1, -0.05) is 30.3 Å². The summed E-state index contributed by atoms with van der Waals surface area (Å²) < 4.78 is 17.0. The second-order valence-corrected chi connectivity index (χ2v) is 6.59. The summed E-state index contributed by atoms with van der Waals surface area (Å²) >= 11 is 3.53. The minimum absolute atomic E-state index is 0.143. The molecular weight excluding hydrogens is 412 g/mol. The third-order valence-electron chi connectivity index (χ3n) is 3.99. The molecule has 3 aromatic rings. The molecular formula is C20H15BrN2O4. The second kappa shape index (κ2) is 7.67. The summed E-state index contributed by atoms with van der Waals surface area (Å²) in [4.78, 5) is 12.0. The molecule has 1 aliphatic rings. The van der Waals surface area contributed by atoms with E-state index in [1.807, 2.05) is 42.5 Å². The van der Waals surface area contributed by atoms with Crippen molar-refractivity contribution in [2.24, 2.45) is 5.10 Å². The lowest BCUT2D eigenvalue weighted by molar-refractivity contribution is -0.123. The van der Waals surface area contributed by atoms with Crippen LogP contribution in [0.3, 0.4) is 0 Å². The molecule has 0 fully saturated rings. The summed E-state index contributed by atoms with van der Waals surface area (Å²) in [6.45, 7) is 0.0732. The Balaban J connectivity index is 1.34. The molecule has 1 N–H and O–H groups in total. The van der Waals surface area contributed by atoms with Gasteiger partial charge in [0.2, 0.25) is 6.79 Å². The summed E-state index contributed by atoms with van der Waals surface area (Å²) in [5.41, 5.74) is 3.23. The first kappa shape index (κ1) is 17.4. The minimum atomic E-state index is -0.355.